The topological polar surface area (TPSA) is 109 Å². The molecule has 3 aromatic rings. The monoisotopic (exact) mass is 325 g/mol. The van der Waals surface area contributed by atoms with Crippen LogP contribution < -0.4 is 16.4 Å². The predicted molar refractivity (Wildman–Crippen MR) is 87.1 cm³/mol. The van der Waals surface area contributed by atoms with Crippen LogP contribution in [0, 0.1) is 6.92 Å². The third-order valence-electron chi connectivity index (χ3n) is 3.53. The molecule has 8 heteroatoms. The maximum absolute atomic E-state index is 12.4. The number of carbonyl (C=O) groups excluding carboxylic acids is 2. The first kappa shape index (κ1) is 15.5. The number of amides is 2. The van der Waals surface area contributed by atoms with E-state index in [-0.39, 0.29) is 12.1 Å². The molecule has 0 aliphatic rings. The number of carbonyl (C=O) groups is 2. The number of H-pyrrole nitrogens is 1. The highest BCUT2D eigenvalue weighted by Gasteiger charge is 2.11. The Morgan fingerprint density at radius 3 is 2.79 bits per heavy atom. The highest BCUT2D eigenvalue weighted by atomic mass is 16.2. The molecule has 0 aliphatic carbocycles. The van der Waals surface area contributed by atoms with E-state index in [0.29, 0.717) is 16.6 Å². The molecular weight excluding hydrogens is 310 g/mol. The van der Waals surface area contributed by atoms with Crippen molar-refractivity contribution in [1.82, 2.24) is 25.4 Å². The standard InChI is InChI=1S/C16H15N5O3/c1-10-4-2-5-11-14(10)18-9-21(16(11)24)8-13(22)19-20-15(23)12-6-3-7-17-12/h2-7,9,17H,8H2,1H3,(H,19,22)(H,20,23). The summed E-state index contributed by atoms with van der Waals surface area (Å²) in [7, 11) is 0. The number of fused-ring (bicyclic) bond motifs is 1. The molecule has 0 aliphatic heterocycles. The van der Waals surface area contributed by atoms with Crippen molar-refractivity contribution in [3.63, 3.8) is 0 Å². The van der Waals surface area contributed by atoms with Gasteiger partial charge in [-0.3, -0.25) is 29.8 Å². The summed E-state index contributed by atoms with van der Waals surface area (Å²) in [4.78, 5) is 43.0. The number of hydrogen-bond acceptors (Lipinski definition) is 4. The van der Waals surface area contributed by atoms with Gasteiger partial charge in [0.2, 0.25) is 0 Å². The molecule has 0 fully saturated rings. The van der Waals surface area contributed by atoms with E-state index in [4.69, 9.17) is 0 Å². The molecule has 0 atom stereocenters. The van der Waals surface area contributed by atoms with Crippen LogP contribution in [0.5, 0.6) is 0 Å². The number of rotatable bonds is 3. The summed E-state index contributed by atoms with van der Waals surface area (Å²) >= 11 is 0. The van der Waals surface area contributed by atoms with Crippen LogP contribution in [-0.2, 0) is 11.3 Å². The van der Waals surface area contributed by atoms with Gasteiger partial charge < -0.3 is 4.98 Å². The first-order valence-electron chi connectivity index (χ1n) is 7.23. The van der Waals surface area contributed by atoms with Gasteiger partial charge >= 0.3 is 0 Å². The van der Waals surface area contributed by atoms with Gasteiger partial charge in [-0.25, -0.2) is 4.98 Å². The molecule has 0 spiro atoms. The molecule has 0 saturated carbocycles. The fourth-order valence-electron chi connectivity index (χ4n) is 2.31. The van der Waals surface area contributed by atoms with Crippen LogP contribution in [0.1, 0.15) is 16.1 Å². The van der Waals surface area contributed by atoms with E-state index in [9.17, 15) is 14.4 Å². The maximum Gasteiger partial charge on any atom is 0.286 e. The van der Waals surface area contributed by atoms with E-state index in [2.05, 4.69) is 20.8 Å². The summed E-state index contributed by atoms with van der Waals surface area (Å²) in [6, 6.07) is 8.53. The van der Waals surface area contributed by atoms with Crippen molar-refractivity contribution in [2.75, 3.05) is 0 Å². The molecule has 8 nitrogen and oxygen atoms in total. The lowest BCUT2D eigenvalue weighted by Gasteiger charge is -2.09. The summed E-state index contributed by atoms with van der Waals surface area (Å²) in [6.45, 7) is 1.61. The minimum Gasteiger partial charge on any atom is -0.357 e. The van der Waals surface area contributed by atoms with Crippen molar-refractivity contribution in [2.45, 2.75) is 13.5 Å². The number of aromatic nitrogens is 3. The van der Waals surface area contributed by atoms with Crippen molar-refractivity contribution in [3.8, 4) is 0 Å². The van der Waals surface area contributed by atoms with E-state index < -0.39 is 11.8 Å². The van der Waals surface area contributed by atoms with Crippen molar-refractivity contribution in [2.24, 2.45) is 0 Å². The maximum atomic E-state index is 12.4. The van der Waals surface area contributed by atoms with Gasteiger partial charge in [0, 0.05) is 6.20 Å². The number of benzene rings is 1. The number of aryl methyl sites for hydroxylation is 1. The SMILES string of the molecule is Cc1cccc2c(=O)n(CC(=O)NNC(=O)c3ccc[nH]3)cnc12. The van der Waals surface area contributed by atoms with Crippen LogP contribution in [0.2, 0.25) is 0 Å². The normalized spacial score (nSPS) is 10.5. The smallest absolute Gasteiger partial charge is 0.286 e. The second-order valence-electron chi connectivity index (χ2n) is 5.23. The van der Waals surface area contributed by atoms with Gasteiger partial charge in [-0.1, -0.05) is 12.1 Å². The first-order chi connectivity index (χ1) is 11.6. The molecule has 0 saturated heterocycles. The molecule has 2 aromatic heterocycles. The number of hydrogen-bond donors (Lipinski definition) is 3. The largest absolute Gasteiger partial charge is 0.357 e. The van der Waals surface area contributed by atoms with E-state index in [1.54, 1.807) is 30.5 Å². The Hall–Kier alpha value is -3.42. The highest BCUT2D eigenvalue weighted by Crippen LogP contribution is 2.10. The zero-order valence-electron chi connectivity index (χ0n) is 12.9. The Kier molecular flexibility index (Phi) is 4.11. The van der Waals surface area contributed by atoms with Crippen LogP contribution >= 0.6 is 0 Å². The molecule has 1 aromatic carbocycles. The molecule has 24 heavy (non-hydrogen) atoms. The summed E-state index contributed by atoms with van der Waals surface area (Å²) in [5, 5.41) is 0.445. The van der Waals surface area contributed by atoms with Gasteiger partial charge in [0.1, 0.15) is 12.2 Å². The molecular formula is C16H15N5O3. The molecule has 3 rings (SSSR count). The summed E-state index contributed by atoms with van der Waals surface area (Å²) < 4.78 is 1.19. The lowest BCUT2D eigenvalue weighted by atomic mass is 10.1. The quantitative estimate of drug-likeness (QED) is 0.609. The van der Waals surface area contributed by atoms with Crippen molar-refractivity contribution < 1.29 is 9.59 Å². The fraction of sp³-hybridized carbons (Fsp3) is 0.125. The lowest BCUT2D eigenvalue weighted by molar-refractivity contribution is -0.122. The number of nitrogens with zero attached hydrogens (tertiary/aromatic N) is 2. The van der Waals surface area contributed by atoms with Gasteiger partial charge in [-0.2, -0.15) is 0 Å². The van der Waals surface area contributed by atoms with Crippen molar-refractivity contribution in [1.29, 1.82) is 0 Å². The molecule has 0 radical (unpaired) electrons. The molecule has 0 bridgehead atoms. The third kappa shape index (κ3) is 3.02. The molecule has 3 N–H and O–H groups in total. The van der Waals surface area contributed by atoms with Crippen LogP contribution in [0.4, 0.5) is 0 Å². The fourth-order valence-corrected chi connectivity index (χ4v) is 2.31. The van der Waals surface area contributed by atoms with Crippen LogP contribution in [-0.4, -0.2) is 26.3 Å². The zero-order chi connectivity index (χ0) is 17.1. The van der Waals surface area contributed by atoms with Gasteiger partial charge in [0.05, 0.1) is 17.2 Å². The third-order valence-corrected chi connectivity index (χ3v) is 3.53. The Balaban J connectivity index is 1.71. The Bertz CT molecular complexity index is 960. The summed E-state index contributed by atoms with van der Waals surface area (Å²) in [6.07, 6.45) is 2.92. The summed E-state index contributed by atoms with van der Waals surface area (Å²) in [5.74, 6) is -1.02. The molecule has 0 unspecified atom stereocenters. The number of aromatic amines is 1. The predicted octanol–water partition coefficient (Wildman–Crippen LogP) is 0.494. The number of hydrazine groups is 1. The molecule has 2 amide bonds. The average molecular weight is 325 g/mol. The number of para-hydroxylation sites is 1. The van der Waals surface area contributed by atoms with E-state index in [1.165, 1.54) is 10.9 Å². The second kappa shape index (κ2) is 6.37. The molecule has 122 valence electrons. The highest BCUT2D eigenvalue weighted by molar-refractivity contribution is 5.93. The minimum absolute atomic E-state index is 0.249. The van der Waals surface area contributed by atoms with Crippen LogP contribution in [0.15, 0.2) is 47.7 Å². The lowest BCUT2D eigenvalue weighted by Crippen LogP contribution is -2.44. The van der Waals surface area contributed by atoms with Gasteiger partial charge in [0.15, 0.2) is 0 Å². The summed E-state index contributed by atoms with van der Waals surface area (Å²) in [5.41, 5.74) is 6.03. The molecule has 2 heterocycles. The van der Waals surface area contributed by atoms with E-state index in [1.807, 2.05) is 13.0 Å². The van der Waals surface area contributed by atoms with E-state index >= 15 is 0 Å². The average Bonchev–Trinajstić information content (AvgIpc) is 3.10. The second-order valence-corrected chi connectivity index (χ2v) is 5.23. The van der Waals surface area contributed by atoms with Crippen LogP contribution in [0.3, 0.4) is 0 Å². The van der Waals surface area contributed by atoms with Crippen molar-refractivity contribution >= 4 is 22.7 Å². The minimum atomic E-state index is -0.536. The number of nitrogens with one attached hydrogen (secondary N) is 3. The Morgan fingerprint density at radius 1 is 1.21 bits per heavy atom. The van der Waals surface area contributed by atoms with Gasteiger partial charge in [-0.05, 0) is 30.7 Å². The van der Waals surface area contributed by atoms with Gasteiger partial charge in [0.25, 0.3) is 17.4 Å². The Labute approximate surface area is 136 Å². The van der Waals surface area contributed by atoms with E-state index in [0.717, 1.165) is 5.56 Å². The Morgan fingerprint density at radius 2 is 2.04 bits per heavy atom. The zero-order valence-corrected chi connectivity index (χ0v) is 12.9. The van der Waals surface area contributed by atoms with Crippen molar-refractivity contribution in [3.05, 3.63) is 64.5 Å². The first-order valence-corrected chi connectivity index (χ1v) is 7.23. The van der Waals surface area contributed by atoms with Crippen LogP contribution in [0.25, 0.3) is 10.9 Å². The van der Waals surface area contributed by atoms with Gasteiger partial charge in [-0.15, -0.1) is 0 Å².